The zero-order valence-corrected chi connectivity index (χ0v) is 15.6. The topological polar surface area (TPSA) is 69.6 Å². The quantitative estimate of drug-likeness (QED) is 0.682. The highest BCUT2D eigenvalue weighted by atomic mass is 35.5. The average Bonchev–Trinajstić information content (AvgIpc) is 2.60. The fourth-order valence-corrected chi connectivity index (χ4v) is 2.94. The van der Waals surface area contributed by atoms with Gasteiger partial charge in [-0.2, -0.15) is 0 Å². The molecule has 0 radical (unpaired) electrons. The Morgan fingerprint density at radius 2 is 1.56 bits per heavy atom. The molecule has 5 heteroatoms. The predicted molar refractivity (Wildman–Crippen MR) is 100 cm³/mol. The number of carbonyl (C=O) groups is 1. The zero-order chi connectivity index (χ0) is 18.6. The first kappa shape index (κ1) is 19.1. The molecule has 3 N–H and O–H groups in total. The van der Waals surface area contributed by atoms with E-state index < -0.39 is 0 Å². The molecule has 1 amide bonds. The largest absolute Gasteiger partial charge is 0.507 e. The van der Waals surface area contributed by atoms with Crippen LogP contribution < -0.4 is 5.32 Å². The van der Waals surface area contributed by atoms with Crippen molar-refractivity contribution in [1.29, 1.82) is 0 Å². The maximum absolute atomic E-state index is 12.0. The van der Waals surface area contributed by atoms with E-state index in [1.54, 1.807) is 20.8 Å². The van der Waals surface area contributed by atoms with E-state index >= 15 is 0 Å². The standard InChI is InChI=1S/C20H24ClNO3/c1-12-13(2)20(25)17(14(3)19(12)24)10-11-22-18(23)9-6-15-4-7-16(21)8-5-15/h4-5,7-8,24-25H,6,9-11H2,1-3H3,(H,22,23). The first-order chi connectivity index (χ1) is 11.8. The molecule has 4 nitrogen and oxygen atoms in total. The van der Waals surface area contributed by atoms with Crippen LogP contribution in [0, 0.1) is 20.8 Å². The molecule has 0 fully saturated rings. The molecule has 0 aliphatic heterocycles. The summed E-state index contributed by atoms with van der Waals surface area (Å²) >= 11 is 5.84. The number of rotatable bonds is 6. The molecule has 0 spiro atoms. The van der Waals surface area contributed by atoms with E-state index in [1.807, 2.05) is 24.3 Å². The lowest BCUT2D eigenvalue weighted by atomic mass is 9.95. The number of benzene rings is 2. The van der Waals surface area contributed by atoms with Crippen molar-refractivity contribution < 1.29 is 15.0 Å². The fourth-order valence-electron chi connectivity index (χ4n) is 2.81. The monoisotopic (exact) mass is 361 g/mol. The minimum Gasteiger partial charge on any atom is -0.507 e. The zero-order valence-electron chi connectivity index (χ0n) is 14.8. The van der Waals surface area contributed by atoms with E-state index in [0.717, 1.165) is 5.56 Å². The van der Waals surface area contributed by atoms with Gasteiger partial charge in [0.2, 0.25) is 5.91 Å². The summed E-state index contributed by atoms with van der Waals surface area (Å²) in [5, 5.41) is 24.0. The van der Waals surface area contributed by atoms with Gasteiger partial charge < -0.3 is 15.5 Å². The van der Waals surface area contributed by atoms with Gasteiger partial charge in [-0.15, -0.1) is 0 Å². The number of aromatic hydroxyl groups is 2. The number of carbonyl (C=O) groups excluding carboxylic acids is 1. The molecule has 0 aromatic heterocycles. The van der Waals surface area contributed by atoms with Crippen LogP contribution in [0.1, 0.15) is 34.2 Å². The summed E-state index contributed by atoms with van der Waals surface area (Å²) in [6.45, 7) is 5.74. The van der Waals surface area contributed by atoms with Gasteiger partial charge in [-0.1, -0.05) is 23.7 Å². The van der Waals surface area contributed by atoms with Gasteiger partial charge in [-0.3, -0.25) is 4.79 Å². The van der Waals surface area contributed by atoms with Crippen molar-refractivity contribution >= 4 is 17.5 Å². The van der Waals surface area contributed by atoms with Crippen LogP contribution in [0.15, 0.2) is 24.3 Å². The summed E-state index contributed by atoms with van der Waals surface area (Å²) in [7, 11) is 0. The molecule has 0 atom stereocenters. The van der Waals surface area contributed by atoms with E-state index in [-0.39, 0.29) is 17.4 Å². The molecule has 0 aliphatic carbocycles. The Bertz CT molecular complexity index is 740. The van der Waals surface area contributed by atoms with Crippen LogP contribution in [0.3, 0.4) is 0 Å². The van der Waals surface area contributed by atoms with Crippen LogP contribution in [0.25, 0.3) is 0 Å². The Labute approximate surface area is 153 Å². The second-order valence-electron chi connectivity index (χ2n) is 6.28. The lowest BCUT2D eigenvalue weighted by molar-refractivity contribution is -0.121. The van der Waals surface area contributed by atoms with Gasteiger partial charge in [0.15, 0.2) is 0 Å². The van der Waals surface area contributed by atoms with E-state index in [4.69, 9.17) is 11.6 Å². The number of hydrogen-bond donors (Lipinski definition) is 3. The Hall–Kier alpha value is -2.20. The highest BCUT2D eigenvalue weighted by Gasteiger charge is 2.16. The van der Waals surface area contributed by atoms with Crippen LogP contribution in [0.2, 0.25) is 5.02 Å². The fraction of sp³-hybridized carbons (Fsp3) is 0.350. The Morgan fingerprint density at radius 1 is 0.960 bits per heavy atom. The molecule has 0 saturated heterocycles. The molecule has 0 heterocycles. The molecule has 0 saturated carbocycles. The van der Waals surface area contributed by atoms with E-state index in [2.05, 4.69) is 5.32 Å². The summed E-state index contributed by atoms with van der Waals surface area (Å²) in [4.78, 5) is 12.0. The van der Waals surface area contributed by atoms with Gasteiger partial charge in [0.25, 0.3) is 0 Å². The van der Waals surface area contributed by atoms with Crippen LogP contribution in [0.4, 0.5) is 0 Å². The highest BCUT2D eigenvalue weighted by Crippen LogP contribution is 2.36. The molecule has 0 bridgehead atoms. The summed E-state index contributed by atoms with van der Waals surface area (Å²) < 4.78 is 0. The number of amides is 1. The minimum atomic E-state index is -0.0415. The van der Waals surface area contributed by atoms with Crippen LogP contribution in [0.5, 0.6) is 11.5 Å². The third-order valence-electron chi connectivity index (χ3n) is 4.62. The highest BCUT2D eigenvalue weighted by molar-refractivity contribution is 6.30. The molecule has 134 valence electrons. The molecule has 0 aliphatic rings. The van der Waals surface area contributed by atoms with Gasteiger partial charge >= 0.3 is 0 Å². The SMILES string of the molecule is Cc1c(C)c(O)c(CCNC(=O)CCc2ccc(Cl)cc2)c(C)c1O. The lowest BCUT2D eigenvalue weighted by Gasteiger charge is -2.16. The molecule has 2 aromatic carbocycles. The van der Waals surface area contributed by atoms with Crippen LogP contribution >= 0.6 is 11.6 Å². The second kappa shape index (κ2) is 8.26. The Kier molecular flexibility index (Phi) is 6.32. The van der Waals surface area contributed by atoms with Gasteiger partial charge in [-0.05, 0) is 68.0 Å². The number of phenolic OH excluding ortho intramolecular Hbond substituents is 2. The summed E-state index contributed by atoms with van der Waals surface area (Å²) in [5.74, 6) is 0.364. The average molecular weight is 362 g/mol. The van der Waals surface area contributed by atoms with Crippen molar-refractivity contribution in [3.05, 3.63) is 57.1 Å². The molecular formula is C20H24ClNO3. The van der Waals surface area contributed by atoms with Crippen molar-refractivity contribution in [2.75, 3.05) is 6.54 Å². The van der Waals surface area contributed by atoms with E-state index in [0.29, 0.717) is 53.1 Å². The van der Waals surface area contributed by atoms with Gasteiger partial charge in [0.1, 0.15) is 11.5 Å². The van der Waals surface area contributed by atoms with Gasteiger partial charge in [0, 0.05) is 23.6 Å². The van der Waals surface area contributed by atoms with Crippen molar-refractivity contribution in [3.8, 4) is 11.5 Å². The smallest absolute Gasteiger partial charge is 0.220 e. The maximum Gasteiger partial charge on any atom is 0.220 e. The Balaban J connectivity index is 1.88. The molecule has 2 rings (SSSR count). The maximum atomic E-state index is 12.0. The molecular weight excluding hydrogens is 338 g/mol. The second-order valence-corrected chi connectivity index (χ2v) is 6.71. The van der Waals surface area contributed by atoms with Crippen molar-refractivity contribution in [2.24, 2.45) is 0 Å². The third-order valence-corrected chi connectivity index (χ3v) is 4.87. The van der Waals surface area contributed by atoms with Gasteiger partial charge in [0.05, 0.1) is 0 Å². The van der Waals surface area contributed by atoms with Crippen molar-refractivity contribution in [1.82, 2.24) is 5.32 Å². The summed E-state index contributed by atoms with van der Waals surface area (Å²) in [5.41, 5.74) is 3.76. The normalized spacial score (nSPS) is 10.7. The number of aryl methyl sites for hydroxylation is 1. The molecule has 0 unspecified atom stereocenters. The lowest BCUT2D eigenvalue weighted by Crippen LogP contribution is -2.26. The summed E-state index contributed by atoms with van der Waals surface area (Å²) in [6, 6.07) is 7.45. The predicted octanol–water partition coefficient (Wildman–Crippen LogP) is 3.97. The van der Waals surface area contributed by atoms with E-state index in [1.165, 1.54) is 0 Å². The van der Waals surface area contributed by atoms with Crippen LogP contribution in [-0.2, 0) is 17.6 Å². The van der Waals surface area contributed by atoms with Crippen LogP contribution in [-0.4, -0.2) is 22.7 Å². The first-order valence-electron chi connectivity index (χ1n) is 8.33. The van der Waals surface area contributed by atoms with E-state index in [9.17, 15) is 15.0 Å². The number of halogens is 1. The first-order valence-corrected chi connectivity index (χ1v) is 8.70. The Morgan fingerprint density at radius 3 is 2.20 bits per heavy atom. The molecule has 2 aromatic rings. The minimum absolute atomic E-state index is 0.0415. The van der Waals surface area contributed by atoms with Gasteiger partial charge in [-0.25, -0.2) is 0 Å². The number of phenols is 2. The third kappa shape index (κ3) is 4.67. The summed E-state index contributed by atoms with van der Waals surface area (Å²) in [6.07, 6.45) is 1.52. The van der Waals surface area contributed by atoms with Crippen molar-refractivity contribution in [3.63, 3.8) is 0 Å². The van der Waals surface area contributed by atoms with Crippen molar-refractivity contribution in [2.45, 2.75) is 40.0 Å². The number of hydrogen-bond acceptors (Lipinski definition) is 3. The number of nitrogens with one attached hydrogen (secondary N) is 1. The molecule has 25 heavy (non-hydrogen) atoms.